The lowest BCUT2D eigenvalue weighted by atomic mass is 9.48. The van der Waals surface area contributed by atoms with Crippen molar-refractivity contribution in [3.8, 4) is 11.5 Å². The van der Waals surface area contributed by atoms with E-state index < -0.39 is 17.1 Å². The van der Waals surface area contributed by atoms with Gasteiger partial charge in [0.1, 0.15) is 24.8 Å². The second-order valence-electron chi connectivity index (χ2n) is 11.6. The maximum atomic E-state index is 13.2. The van der Waals surface area contributed by atoms with Crippen LogP contribution in [0.1, 0.15) is 48.8 Å². The molecule has 3 heterocycles. The van der Waals surface area contributed by atoms with Gasteiger partial charge >= 0.3 is 0 Å². The Hall–Kier alpha value is -2.81. The molecule has 1 spiro atoms. The Balaban J connectivity index is 1.30. The molecule has 1 amide bonds. The third kappa shape index (κ3) is 2.83. The van der Waals surface area contributed by atoms with Crippen molar-refractivity contribution in [2.45, 2.75) is 67.7 Å². The van der Waals surface area contributed by atoms with Crippen LogP contribution in [0.5, 0.6) is 11.5 Å². The van der Waals surface area contributed by atoms with Crippen molar-refractivity contribution >= 4 is 12.0 Å². The fourth-order valence-corrected chi connectivity index (χ4v) is 7.97. The van der Waals surface area contributed by atoms with E-state index in [2.05, 4.69) is 0 Å². The lowest BCUT2D eigenvalue weighted by molar-refractivity contribution is -1.13. The Morgan fingerprint density at radius 3 is 2.83 bits per heavy atom. The first kappa shape index (κ1) is 22.4. The number of amides is 1. The van der Waals surface area contributed by atoms with Crippen LogP contribution in [-0.2, 0) is 16.6 Å². The SMILES string of the molecule is CN(C(=O)/C=C/c1ccoc1)C1CC[C@@]2(O)[C@@H]3Cc4ccc(O)c5c4[C@@]2(CC[N+]3(O)CC2CC2)[C@H]1O5. The molecule has 3 N–H and O–H groups in total. The number of aromatic hydroxyl groups is 1. The lowest BCUT2D eigenvalue weighted by Crippen LogP contribution is -2.82. The number of rotatable bonds is 5. The Kier molecular flexibility index (Phi) is 4.58. The number of hydrogen-bond donors (Lipinski definition) is 3. The maximum absolute atomic E-state index is 13.2. The van der Waals surface area contributed by atoms with E-state index in [4.69, 9.17) is 9.15 Å². The van der Waals surface area contributed by atoms with Gasteiger partial charge < -0.3 is 24.3 Å². The molecule has 7 rings (SSSR count). The minimum atomic E-state index is -1.18. The number of nitrogens with zero attached hydrogens (tertiary/aromatic N) is 2. The number of hydrogen-bond acceptors (Lipinski definition) is 6. The summed E-state index contributed by atoms with van der Waals surface area (Å²) in [4.78, 5) is 14.9. The zero-order valence-electron chi connectivity index (χ0n) is 20.5. The molecule has 2 aromatic rings. The summed E-state index contributed by atoms with van der Waals surface area (Å²) < 4.78 is 11.5. The molecule has 6 atom stereocenters. The van der Waals surface area contributed by atoms with Crippen LogP contribution in [-0.4, -0.2) is 74.8 Å². The zero-order valence-corrected chi connectivity index (χ0v) is 20.5. The molecule has 0 radical (unpaired) electrons. The third-order valence-corrected chi connectivity index (χ3v) is 9.86. The number of aliphatic hydroxyl groups is 1. The monoisotopic (exact) mass is 493 g/mol. The summed E-state index contributed by atoms with van der Waals surface area (Å²) >= 11 is 0. The van der Waals surface area contributed by atoms with Gasteiger partial charge in [-0.05, 0) is 49.5 Å². The van der Waals surface area contributed by atoms with E-state index >= 15 is 0 Å². The summed E-state index contributed by atoms with van der Waals surface area (Å²) in [6, 6.07) is 4.73. The number of hydroxylamine groups is 3. The smallest absolute Gasteiger partial charge is 0.246 e. The summed E-state index contributed by atoms with van der Waals surface area (Å²) in [6.07, 6.45) is 10.3. The van der Waals surface area contributed by atoms with Gasteiger partial charge in [0.25, 0.3) is 0 Å². The normalized spacial score (nSPS) is 38.0. The van der Waals surface area contributed by atoms with Gasteiger partial charge in [-0.1, -0.05) is 6.07 Å². The molecule has 5 aliphatic rings. The largest absolute Gasteiger partial charge is 0.504 e. The molecule has 2 aliphatic heterocycles. The van der Waals surface area contributed by atoms with Crippen molar-refractivity contribution < 1.29 is 34.0 Å². The first-order valence-corrected chi connectivity index (χ1v) is 13.1. The Labute approximate surface area is 209 Å². The van der Waals surface area contributed by atoms with Gasteiger partial charge in [-0.3, -0.25) is 4.79 Å². The van der Waals surface area contributed by atoms with E-state index in [0.29, 0.717) is 50.4 Å². The molecule has 3 fully saturated rings. The van der Waals surface area contributed by atoms with Crippen molar-refractivity contribution in [3.05, 3.63) is 53.5 Å². The molecular formula is C28H33N2O6+. The van der Waals surface area contributed by atoms with Gasteiger partial charge in [0.2, 0.25) is 5.91 Å². The van der Waals surface area contributed by atoms with Crippen molar-refractivity contribution in [2.24, 2.45) is 5.92 Å². The highest BCUT2D eigenvalue weighted by Gasteiger charge is 2.77. The van der Waals surface area contributed by atoms with Gasteiger partial charge in [-0.15, -0.1) is 0 Å². The average Bonchev–Trinajstić information content (AvgIpc) is 3.36. The van der Waals surface area contributed by atoms with Crippen LogP contribution in [0.3, 0.4) is 0 Å². The molecule has 8 heteroatoms. The first-order chi connectivity index (χ1) is 17.3. The summed E-state index contributed by atoms with van der Waals surface area (Å²) in [6.45, 7) is 1.21. The maximum Gasteiger partial charge on any atom is 0.246 e. The fourth-order valence-electron chi connectivity index (χ4n) is 7.97. The van der Waals surface area contributed by atoms with Gasteiger partial charge in [0.05, 0.1) is 24.0 Å². The first-order valence-electron chi connectivity index (χ1n) is 13.1. The third-order valence-electron chi connectivity index (χ3n) is 9.86. The Morgan fingerprint density at radius 1 is 1.25 bits per heavy atom. The highest BCUT2D eigenvalue weighted by atomic mass is 16.6. The average molecular weight is 494 g/mol. The van der Waals surface area contributed by atoms with Crippen LogP contribution < -0.4 is 4.74 Å². The number of ether oxygens (including phenoxy) is 1. The van der Waals surface area contributed by atoms with E-state index in [1.807, 2.05) is 6.07 Å². The predicted molar refractivity (Wildman–Crippen MR) is 129 cm³/mol. The van der Waals surface area contributed by atoms with Gasteiger partial charge in [-0.2, -0.15) is 4.65 Å². The summed E-state index contributed by atoms with van der Waals surface area (Å²) in [7, 11) is 1.78. The standard InChI is InChI=1S/C28H32N2O6/c1-29(23(32)7-4-18-9-13-35-16-18)20-8-10-28(33)22-14-19-5-6-21(31)25-24(19)27(28,26(20)36-25)11-12-30(22,34)15-17-2-3-17/h4-7,9,13,16-17,20,22,26,33-34H,2-3,8,10-12,14-15H2,1H3/p+1/b7-4+/t20?,22-,26-,27-,28+,30?/m0/s1. The Morgan fingerprint density at radius 2 is 2.08 bits per heavy atom. The van der Waals surface area contributed by atoms with Crippen molar-refractivity contribution in [3.63, 3.8) is 0 Å². The number of furan rings is 1. The van der Waals surface area contributed by atoms with Crippen LogP contribution in [0, 0.1) is 5.92 Å². The molecule has 1 saturated heterocycles. The Bertz CT molecular complexity index is 1250. The lowest BCUT2D eigenvalue weighted by Gasteiger charge is -2.64. The van der Waals surface area contributed by atoms with Gasteiger partial charge in [0, 0.05) is 43.0 Å². The molecule has 3 aliphatic carbocycles. The van der Waals surface area contributed by atoms with E-state index in [1.165, 1.54) is 6.08 Å². The minimum absolute atomic E-state index is 0.0687. The number of likely N-dealkylation sites (tertiary alicyclic amines) is 1. The fraction of sp³-hybridized carbons (Fsp3) is 0.536. The van der Waals surface area contributed by atoms with Crippen LogP contribution in [0.2, 0.25) is 0 Å². The van der Waals surface area contributed by atoms with E-state index in [-0.39, 0.29) is 28.4 Å². The predicted octanol–water partition coefficient (Wildman–Crippen LogP) is 2.99. The number of benzene rings is 1. The molecule has 36 heavy (non-hydrogen) atoms. The summed E-state index contributed by atoms with van der Waals surface area (Å²) in [5.41, 5.74) is 0.769. The van der Waals surface area contributed by atoms with Crippen LogP contribution in [0.4, 0.5) is 0 Å². The number of carbonyl (C=O) groups excluding carboxylic acids is 1. The van der Waals surface area contributed by atoms with E-state index in [9.17, 15) is 20.2 Å². The molecular weight excluding hydrogens is 460 g/mol. The van der Waals surface area contributed by atoms with Crippen LogP contribution >= 0.6 is 0 Å². The molecule has 1 aromatic carbocycles. The highest BCUT2D eigenvalue weighted by molar-refractivity contribution is 5.91. The number of phenolic OH excluding ortho intramolecular Hbond substituents is 1. The summed E-state index contributed by atoms with van der Waals surface area (Å²) in [5, 5.41) is 35.3. The topological polar surface area (TPSA) is 103 Å². The second kappa shape index (κ2) is 7.37. The number of piperidine rings is 1. The molecule has 190 valence electrons. The molecule has 8 nitrogen and oxygen atoms in total. The quantitative estimate of drug-likeness (QED) is 0.437. The van der Waals surface area contributed by atoms with Gasteiger partial charge in [0.15, 0.2) is 17.5 Å². The summed E-state index contributed by atoms with van der Waals surface area (Å²) in [5.74, 6) is 0.869. The van der Waals surface area contributed by atoms with Crippen molar-refractivity contribution in [2.75, 3.05) is 20.1 Å². The highest BCUT2D eigenvalue weighted by Crippen LogP contribution is 2.66. The molecule has 2 unspecified atom stereocenters. The van der Waals surface area contributed by atoms with Gasteiger partial charge in [-0.25, -0.2) is 5.21 Å². The second-order valence-corrected chi connectivity index (χ2v) is 11.6. The number of quaternary nitrogens is 1. The number of phenols is 1. The van der Waals surface area contributed by atoms with E-state index in [1.54, 1.807) is 42.7 Å². The number of likely N-dealkylation sites (N-methyl/N-ethyl adjacent to an activating group) is 1. The van der Waals surface area contributed by atoms with Crippen LogP contribution in [0.15, 0.2) is 41.2 Å². The molecule has 2 saturated carbocycles. The van der Waals surface area contributed by atoms with Crippen molar-refractivity contribution in [1.82, 2.24) is 4.90 Å². The van der Waals surface area contributed by atoms with E-state index in [0.717, 1.165) is 29.5 Å². The molecule has 2 bridgehead atoms. The van der Waals surface area contributed by atoms with Crippen molar-refractivity contribution in [1.29, 1.82) is 0 Å². The molecule has 1 aromatic heterocycles. The zero-order chi connectivity index (χ0) is 24.9. The number of carbonyl (C=O) groups is 1. The minimum Gasteiger partial charge on any atom is -0.504 e. The van der Waals surface area contributed by atoms with Crippen LogP contribution in [0.25, 0.3) is 6.08 Å².